The average molecular weight is 408 g/mol. The van der Waals surface area contributed by atoms with Crippen molar-refractivity contribution in [3.63, 3.8) is 0 Å². The molecular weight excluding hydrogens is 396 g/mol. The van der Waals surface area contributed by atoms with E-state index in [9.17, 15) is 25.0 Å². The van der Waals surface area contributed by atoms with Crippen molar-refractivity contribution in [2.75, 3.05) is 0 Å². The molecule has 0 bridgehead atoms. The first kappa shape index (κ1) is 18.9. The third kappa shape index (κ3) is 3.26. The van der Waals surface area contributed by atoms with Gasteiger partial charge in [0.05, 0.1) is 27.6 Å². The van der Waals surface area contributed by atoms with Crippen LogP contribution < -0.4 is 10.2 Å². The predicted octanol–water partition coefficient (Wildman–Crippen LogP) is 4.97. The third-order valence-electron chi connectivity index (χ3n) is 4.31. The molecule has 0 amide bonds. The van der Waals surface area contributed by atoms with E-state index < -0.39 is 26.7 Å². The van der Waals surface area contributed by atoms with Crippen molar-refractivity contribution in [2.45, 2.75) is 6.92 Å². The summed E-state index contributed by atoms with van der Waals surface area (Å²) in [6, 6.07) is 11.0. The fourth-order valence-electron chi connectivity index (χ4n) is 2.91. The molecule has 2 heterocycles. The molecule has 4 rings (SSSR count). The molecular formula is C20H12N2O8. The highest BCUT2D eigenvalue weighted by Gasteiger charge is 2.26. The number of benzene rings is 2. The van der Waals surface area contributed by atoms with Crippen LogP contribution in [0.5, 0.6) is 11.5 Å². The highest BCUT2D eigenvalue weighted by molar-refractivity contribution is 5.82. The van der Waals surface area contributed by atoms with E-state index >= 15 is 0 Å². The van der Waals surface area contributed by atoms with Crippen LogP contribution in [-0.4, -0.2) is 9.85 Å². The van der Waals surface area contributed by atoms with Gasteiger partial charge in [-0.3, -0.25) is 25.0 Å². The fraction of sp³-hybridized carbons (Fsp3) is 0.0500. The Morgan fingerprint density at radius 3 is 2.47 bits per heavy atom. The summed E-state index contributed by atoms with van der Waals surface area (Å²) in [6.07, 6.45) is 1.37. The number of fused-ring (bicyclic) bond motifs is 1. The van der Waals surface area contributed by atoms with E-state index in [2.05, 4.69) is 0 Å². The van der Waals surface area contributed by atoms with Gasteiger partial charge in [-0.1, -0.05) is 11.6 Å². The number of rotatable bonds is 5. The van der Waals surface area contributed by atoms with E-state index in [1.165, 1.54) is 12.3 Å². The molecule has 30 heavy (non-hydrogen) atoms. The van der Waals surface area contributed by atoms with Gasteiger partial charge in [-0.05, 0) is 37.3 Å². The number of hydrogen-bond donors (Lipinski definition) is 0. The largest absolute Gasteiger partial charge is 0.461 e. The smallest absolute Gasteiger partial charge is 0.318 e. The van der Waals surface area contributed by atoms with Gasteiger partial charge < -0.3 is 13.6 Å². The van der Waals surface area contributed by atoms with Crippen LogP contribution in [0.25, 0.3) is 22.5 Å². The van der Waals surface area contributed by atoms with Crippen molar-refractivity contribution >= 4 is 22.3 Å². The summed E-state index contributed by atoms with van der Waals surface area (Å²) in [5.41, 5.74) is -0.644. The summed E-state index contributed by atoms with van der Waals surface area (Å²) in [6.45, 7) is 1.79. The molecule has 10 heteroatoms. The van der Waals surface area contributed by atoms with E-state index in [1.54, 1.807) is 31.2 Å². The molecule has 0 radical (unpaired) electrons. The number of aryl methyl sites for hydroxylation is 1. The van der Waals surface area contributed by atoms with Crippen LogP contribution in [0.3, 0.4) is 0 Å². The number of hydrogen-bond acceptors (Lipinski definition) is 8. The van der Waals surface area contributed by atoms with Crippen molar-refractivity contribution in [1.29, 1.82) is 0 Å². The zero-order valence-electron chi connectivity index (χ0n) is 15.4. The second kappa shape index (κ2) is 7.17. The second-order valence-electron chi connectivity index (χ2n) is 6.33. The second-order valence-corrected chi connectivity index (χ2v) is 6.33. The lowest BCUT2D eigenvalue weighted by atomic mass is 10.1. The van der Waals surface area contributed by atoms with Crippen LogP contribution in [0.4, 0.5) is 11.4 Å². The lowest BCUT2D eigenvalue weighted by Crippen LogP contribution is -2.08. The molecule has 2 aromatic carbocycles. The Morgan fingerprint density at radius 2 is 1.80 bits per heavy atom. The van der Waals surface area contributed by atoms with Gasteiger partial charge in [-0.25, -0.2) is 0 Å². The summed E-state index contributed by atoms with van der Waals surface area (Å²) < 4.78 is 16.7. The van der Waals surface area contributed by atoms with Gasteiger partial charge in [0, 0.05) is 6.07 Å². The van der Waals surface area contributed by atoms with Crippen LogP contribution in [-0.2, 0) is 0 Å². The number of nitro groups is 2. The third-order valence-corrected chi connectivity index (χ3v) is 4.31. The highest BCUT2D eigenvalue weighted by Crippen LogP contribution is 2.38. The summed E-state index contributed by atoms with van der Waals surface area (Å²) in [4.78, 5) is 33.9. The molecule has 0 N–H and O–H groups in total. The SMILES string of the molecule is Cc1ccc2oc(-c3ccco3)c(Oc3ccc([N+](=O)[O-])cc3[N+](=O)[O-])c(=O)c2c1. The van der Waals surface area contributed by atoms with Crippen molar-refractivity contribution in [3.8, 4) is 23.0 Å². The zero-order chi connectivity index (χ0) is 21.4. The van der Waals surface area contributed by atoms with E-state index in [0.29, 0.717) is 0 Å². The molecule has 0 aliphatic carbocycles. The first-order valence-electron chi connectivity index (χ1n) is 8.57. The quantitative estimate of drug-likeness (QED) is 0.333. The molecule has 0 saturated heterocycles. The number of nitro benzene ring substituents is 2. The first-order chi connectivity index (χ1) is 14.3. The monoisotopic (exact) mass is 408 g/mol. The van der Waals surface area contributed by atoms with E-state index in [4.69, 9.17) is 13.6 Å². The average Bonchev–Trinajstić information content (AvgIpc) is 3.25. The Hall–Kier alpha value is -4.47. The first-order valence-corrected chi connectivity index (χ1v) is 8.57. The minimum Gasteiger partial charge on any atom is -0.461 e. The maximum Gasteiger partial charge on any atom is 0.318 e. The van der Waals surface area contributed by atoms with Gasteiger partial charge >= 0.3 is 5.69 Å². The summed E-state index contributed by atoms with van der Waals surface area (Å²) >= 11 is 0. The van der Waals surface area contributed by atoms with Gasteiger partial charge in [-0.2, -0.15) is 0 Å². The van der Waals surface area contributed by atoms with Crippen LogP contribution in [0.2, 0.25) is 0 Å². The van der Waals surface area contributed by atoms with Gasteiger partial charge in [0.2, 0.25) is 22.7 Å². The Balaban J connectivity index is 1.96. The Labute approximate surface area is 167 Å². The molecule has 0 atom stereocenters. The lowest BCUT2D eigenvalue weighted by Gasteiger charge is -2.10. The Bertz CT molecular complexity index is 1360. The number of furan rings is 1. The molecule has 150 valence electrons. The molecule has 0 aliphatic heterocycles. The highest BCUT2D eigenvalue weighted by atomic mass is 16.6. The molecule has 0 fully saturated rings. The van der Waals surface area contributed by atoms with Crippen molar-refractivity contribution in [2.24, 2.45) is 0 Å². The molecule has 0 unspecified atom stereocenters. The maximum atomic E-state index is 13.2. The molecule has 0 spiro atoms. The van der Waals surface area contributed by atoms with Crippen LogP contribution in [0.15, 0.2) is 68.4 Å². The van der Waals surface area contributed by atoms with Gasteiger partial charge in [0.25, 0.3) is 5.69 Å². The fourth-order valence-corrected chi connectivity index (χ4v) is 2.91. The topological polar surface area (TPSA) is 139 Å². The number of nitrogens with zero attached hydrogens (tertiary/aromatic N) is 2. The van der Waals surface area contributed by atoms with Crippen LogP contribution in [0, 0.1) is 27.2 Å². The van der Waals surface area contributed by atoms with Crippen molar-refractivity contribution in [3.05, 3.63) is 90.8 Å². The summed E-state index contributed by atoms with van der Waals surface area (Å²) in [5.74, 6) is -0.569. The summed E-state index contributed by atoms with van der Waals surface area (Å²) in [7, 11) is 0. The normalized spacial score (nSPS) is 10.8. The van der Waals surface area contributed by atoms with Gasteiger partial charge in [0.1, 0.15) is 5.58 Å². The van der Waals surface area contributed by atoms with Gasteiger partial charge in [-0.15, -0.1) is 0 Å². The van der Waals surface area contributed by atoms with E-state index in [1.807, 2.05) is 0 Å². The summed E-state index contributed by atoms with van der Waals surface area (Å²) in [5, 5.41) is 22.6. The standard InChI is InChI=1S/C20H12N2O8/c1-11-4-6-15-13(9-11)18(23)20(19(29-15)17-3-2-8-28-17)30-16-7-5-12(21(24)25)10-14(16)22(26)27/h2-10H,1H3. The van der Waals surface area contributed by atoms with Crippen molar-refractivity contribution in [1.82, 2.24) is 0 Å². The number of non-ortho nitro benzene ring substituents is 1. The Morgan fingerprint density at radius 1 is 1.00 bits per heavy atom. The van der Waals surface area contributed by atoms with Crippen LogP contribution in [0.1, 0.15) is 5.56 Å². The minimum absolute atomic E-state index is 0.0611. The predicted molar refractivity (Wildman–Crippen MR) is 105 cm³/mol. The van der Waals surface area contributed by atoms with Crippen LogP contribution >= 0.6 is 0 Å². The molecule has 0 saturated carbocycles. The Kier molecular flexibility index (Phi) is 4.51. The maximum absolute atomic E-state index is 13.2. The lowest BCUT2D eigenvalue weighted by molar-refractivity contribution is -0.394. The molecule has 0 aliphatic rings. The molecule has 2 aromatic heterocycles. The molecule has 10 nitrogen and oxygen atoms in total. The number of ether oxygens (including phenoxy) is 1. The van der Waals surface area contributed by atoms with E-state index in [0.717, 1.165) is 23.8 Å². The van der Waals surface area contributed by atoms with Crippen molar-refractivity contribution < 1.29 is 23.4 Å². The zero-order valence-corrected chi connectivity index (χ0v) is 15.4. The molecule has 4 aromatic rings. The van der Waals surface area contributed by atoms with E-state index in [-0.39, 0.29) is 34.0 Å². The minimum atomic E-state index is -0.832. The van der Waals surface area contributed by atoms with Gasteiger partial charge in [0.15, 0.2) is 5.76 Å².